The van der Waals surface area contributed by atoms with Crippen molar-refractivity contribution in [2.24, 2.45) is 0 Å². The zero-order chi connectivity index (χ0) is 19.5. The van der Waals surface area contributed by atoms with Crippen LogP contribution in [0.4, 0.5) is 18.9 Å². The molecule has 0 aliphatic carbocycles. The van der Waals surface area contributed by atoms with E-state index >= 15 is 0 Å². The van der Waals surface area contributed by atoms with Crippen LogP contribution >= 0.6 is 11.8 Å². The normalized spacial score (nSPS) is 12.7. The first-order valence-corrected chi connectivity index (χ1v) is 9.13. The van der Waals surface area contributed by atoms with Crippen LogP contribution in [0.5, 0.6) is 0 Å². The Hall–Kier alpha value is -2.02. The maximum Gasteiger partial charge on any atom is 0.417 e. The summed E-state index contributed by atoms with van der Waals surface area (Å²) in [5.74, 6) is -0.817. The Labute approximate surface area is 155 Å². The number of hydrogen-bond acceptors (Lipinski definition) is 3. The third-order valence-electron chi connectivity index (χ3n) is 4.05. The van der Waals surface area contributed by atoms with Crippen molar-refractivity contribution in [1.82, 2.24) is 4.98 Å². The topological polar surface area (TPSA) is 42.0 Å². The molecule has 0 fully saturated rings. The molecule has 0 saturated heterocycles. The molecule has 2 rings (SSSR count). The van der Waals surface area contributed by atoms with Gasteiger partial charge in [-0.25, -0.2) is 4.98 Å². The molecule has 0 spiro atoms. The number of carbonyl (C=O) groups is 1. The van der Waals surface area contributed by atoms with E-state index in [0.29, 0.717) is 5.69 Å². The van der Waals surface area contributed by atoms with Gasteiger partial charge >= 0.3 is 6.18 Å². The minimum Gasteiger partial charge on any atom is -0.321 e. The number of pyridine rings is 1. The Balaban J connectivity index is 2.40. The molecule has 1 amide bonds. The second kappa shape index (κ2) is 8.12. The first-order chi connectivity index (χ1) is 12.1. The number of amides is 1. The average Bonchev–Trinajstić information content (AvgIpc) is 2.57. The van der Waals surface area contributed by atoms with E-state index in [9.17, 15) is 18.0 Å². The molecule has 1 atom stereocenters. The zero-order valence-electron chi connectivity index (χ0n) is 15.1. The number of thioether (sulfide) groups is 1. The summed E-state index contributed by atoms with van der Waals surface area (Å²) in [6.45, 7) is 7.45. The number of rotatable bonds is 5. The van der Waals surface area contributed by atoms with E-state index in [1.807, 2.05) is 19.9 Å². The quantitative estimate of drug-likeness (QED) is 0.659. The fourth-order valence-electron chi connectivity index (χ4n) is 2.40. The van der Waals surface area contributed by atoms with Crippen LogP contribution in [0.3, 0.4) is 0 Å². The number of nitrogens with zero attached hydrogens (tertiary/aromatic N) is 1. The van der Waals surface area contributed by atoms with E-state index in [-0.39, 0.29) is 10.3 Å². The molecule has 1 N–H and O–H groups in total. The number of hydrogen-bond donors (Lipinski definition) is 1. The monoisotopic (exact) mass is 382 g/mol. The maximum absolute atomic E-state index is 13.5. The molecule has 1 unspecified atom stereocenters. The second-order valence-electron chi connectivity index (χ2n) is 6.12. The molecule has 2 aromatic rings. The number of para-hydroxylation sites is 1. The minimum absolute atomic E-state index is 0.137. The summed E-state index contributed by atoms with van der Waals surface area (Å²) in [6.07, 6.45) is -2.82. The molecule has 0 aliphatic heterocycles. The van der Waals surface area contributed by atoms with E-state index in [1.165, 1.54) is 11.8 Å². The summed E-state index contributed by atoms with van der Waals surface area (Å²) in [7, 11) is 0. The molecule has 26 heavy (non-hydrogen) atoms. The van der Waals surface area contributed by atoms with E-state index < -0.39 is 23.2 Å². The van der Waals surface area contributed by atoms with Crippen molar-refractivity contribution in [1.29, 1.82) is 0 Å². The summed E-state index contributed by atoms with van der Waals surface area (Å²) in [5, 5.41) is 2.99. The molecular formula is C19H21F3N2OS. The van der Waals surface area contributed by atoms with Crippen LogP contribution in [0.1, 0.15) is 47.3 Å². The fraction of sp³-hybridized carbons (Fsp3) is 0.368. The highest BCUT2D eigenvalue weighted by atomic mass is 32.2. The van der Waals surface area contributed by atoms with Crippen molar-refractivity contribution in [2.45, 2.75) is 50.6 Å². The first-order valence-electron chi connectivity index (χ1n) is 8.25. The zero-order valence-corrected chi connectivity index (χ0v) is 15.9. The average molecular weight is 382 g/mol. The highest BCUT2D eigenvalue weighted by Gasteiger charge is 2.36. The third kappa shape index (κ3) is 4.78. The van der Waals surface area contributed by atoms with E-state index in [0.717, 1.165) is 29.8 Å². The van der Waals surface area contributed by atoms with Crippen LogP contribution in [0, 0.1) is 13.8 Å². The lowest BCUT2D eigenvalue weighted by atomic mass is 10.1. The minimum atomic E-state index is -4.64. The van der Waals surface area contributed by atoms with Crippen LogP contribution in [-0.4, -0.2) is 16.1 Å². The highest BCUT2D eigenvalue weighted by molar-refractivity contribution is 7.99. The number of aryl methyl sites for hydroxylation is 2. The Bertz CT molecular complexity index is 786. The van der Waals surface area contributed by atoms with Crippen molar-refractivity contribution in [3.8, 4) is 0 Å². The lowest BCUT2D eigenvalue weighted by Gasteiger charge is -2.16. The molecule has 1 aromatic heterocycles. The van der Waals surface area contributed by atoms with Crippen molar-refractivity contribution in [3.63, 3.8) is 0 Å². The van der Waals surface area contributed by atoms with Crippen molar-refractivity contribution >= 4 is 23.4 Å². The summed E-state index contributed by atoms with van der Waals surface area (Å²) >= 11 is 1.26. The number of anilines is 1. The van der Waals surface area contributed by atoms with Gasteiger partial charge in [0.25, 0.3) is 5.91 Å². The van der Waals surface area contributed by atoms with Gasteiger partial charge < -0.3 is 5.32 Å². The Morgan fingerprint density at radius 3 is 2.42 bits per heavy atom. The smallest absolute Gasteiger partial charge is 0.321 e. The Morgan fingerprint density at radius 1 is 1.27 bits per heavy atom. The molecular weight excluding hydrogens is 361 g/mol. The van der Waals surface area contributed by atoms with Crippen molar-refractivity contribution in [3.05, 3.63) is 52.7 Å². The highest BCUT2D eigenvalue weighted by Crippen LogP contribution is 2.35. The number of benzene rings is 1. The van der Waals surface area contributed by atoms with Gasteiger partial charge in [-0.1, -0.05) is 32.0 Å². The van der Waals surface area contributed by atoms with E-state index in [2.05, 4.69) is 10.3 Å². The van der Waals surface area contributed by atoms with Crippen LogP contribution < -0.4 is 5.32 Å². The van der Waals surface area contributed by atoms with Crippen LogP contribution in [0.15, 0.2) is 35.5 Å². The van der Waals surface area contributed by atoms with Crippen molar-refractivity contribution < 1.29 is 18.0 Å². The molecule has 140 valence electrons. The Kier molecular flexibility index (Phi) is 6.34. The predicted octanol–water partition coefficient (Wildman–Crippen LogP) is 5.86. The summed E-state index contributed by atoms with van der Waals surface area (Å²) in [5.41, 5.74) is 0.631. The largest absolute Gasteiger partial charge is 0.417 e. The van der Waals surface area contributed by atoms with E-state index in [1.54, 1.807) is 26.0 Å². The summed E-state index contributed by atoms with van der Waals surface area (Å²) < 4.78 is 40.5. The van der Waals surface area contributed by atoms with Gasteiger partial charge in [0.05, 0.1) is 16.2 Å². The molecule has 1 heterocycles. The molecule has 1 aromatic carbocycles. The number of nitrogens with one attached hydrogen (secondary N) is 1. The summed E-state index contributed by atoms with van der Waals surface area (Å²) in [4.78, 5) is 16.6. The first kappa shape index (κ1) is 20.3. The van der Waals surface area contributed by atoms with Crippen LogP contribution in [0.25, 0.3) is 0 Å². The number of halogens is 3. The van der Waals surface area contributed by atoms with Gasteiger partial charge in [0, 0.05) is 17.1 Å². The fourth-order valence-corrected chi connectivity index (χ4v) is 3.28. The van der Waals surface area contributed by atoms with Crippen LogP contribution in [-0.2, 0) is 6.18 Å². The van der Waals surface area contributed by atoms with E-state index in [4.69, 9.17) is 0 Å². The third-order valence-corrected chi connectivity index (χ3v) is 5.25. The van der Waals surface area contributed by atoms with Gasteiger partial charge in [0.2, 0.25) is 0 Å². The molecule has 0 radical (unpaired) electrons. The molecule has 0 aliphatic rings. The Morgan fingerprint density at radius 2 is 1.88 bits per heavy atom. The second-order valence-corrected chi connectivity index (χ2v) is 7.58. The van der Waals surface area contributed by atoms with Gasteiger partial charge in [-0.3, -0.25) is 4.79 Å². The van der Waals surface area contributed by atoms with Gasteiger partial charge in [-0.15, -0.1) is 11.8 Å². The van der Waals surface area contributed by atoms with Crippen molar-refractivity contribution in [2.75, 3.05) is 5.32 Å². The molecule has 0 saturated carbocycles. The number of carbonyl (C=O) groups excluding carboxylic acids is 1. The summed E-state index contributed by atoms with van der Waals surface area (Å²) in [6, 6.07) is 6.36. The SMILES string of the molecule is CCC(C)Sc1cc(C(F)(F)F)c(C(=O)Nc2c(C)cccc2C)cn1. The van der Waals surface area contributed by atoms with Gasteiger partial charge in [-0.2, -0.15) is 13.2 Å². The number of alkyl halides is 3. The van der Waals surface area contributed by atoms with Gasteiger partial charge in [0.1, 0.15) is 0 Å². The molecule has 7 heteroatoms. The molecule has 0 bridgehead atoms. The lowest BCUT2D eigenvalue weighted by molar-refractivity contribution is -0.138. The maximum atomic E-state index is 13.5. The standard InChI is InChI=1S/C19H21F3N2OS/c1-5-13(4)26-16-9-15(19(20,21)22)14(10-23-16)18(25)24-17-11(2)7-6-8-12(17)3/h6-10,13H,5H2,1-4H3,(H,24,25). The van der Waals surface area contributed by atoms with Gasteiger partial charge in [0.15, 0.2) is 0 Å². The van der Waals surface area contributed by atoms with Crippen LogP contribution in [0.2, 0.25) is 0 Å². The predicted molar refractivity (Wildman–Crippen MR) is 98.7 cm³/mol. The number of aromatic nitrogens is 1. The molecule has 3 nitrogen and oxygen atoms in total. The van der Waals surface area contributed by atoms with Gasteiger partial charge in [-0.05, 0) is 37.5 Å². The lowest BCUT2D eigenvalue weighted by Crippen LogP contribution is -2.20.